The number of nitrogens with zero attached hydrogens (tertiary/aromatic N) is 2. The van der Waals surface area contributed by atoms with Gasteiger partial charge in [0.05, 0.1) is 11.3 Å². The number of phenols is 1. The minimum Gasteiger partial charge on any atom is -0.508 e. The summed E-state index contributed by atoms with van der Waals surface area (Å²) in [5.74, 6) is -1.38. The average Bonchev–Trinajstić information content (AvgIpc) is 3.04. The van der Waals surface area contributed by atoms with Crippen LogP contribution >= 0.6 is 0 Å². The lowest BCUT2D eigenvalue weighted by molar-refractivity contribution is 0.0696. The molecular formula is C19H16N4O4. The van der Waals surface area contributed by atoms with E-state index in [1.165, 1.54) is 30.5 Å². The summed E-state index contributed by atoms with van der Waals surface area (Å²) in [5, 5.41) is 25.1. The van der Waals surface area contributed by atoms with Gasteiger partial charge in [-0.3, -0.25) is 9.89 Å². The van der Waals surface area contributed by atoms with Crippen LogP contribution in [0.2, 0.25) is 0 Å². The highest BCUT2D eigenvalue weighted by Crippen LogP contribution is 2.22. The fourth-order valence-electron chi connectivity index (χ4n) is 2.51. The number of benzene rings is 2. The number of carbonyl (C=O) groups is 2. The van der Waals surface area contributed by atoms with E-state index in [1.807, 2.05) is 0 Å². The van der Waals surface area contributed by atoms with Gasteiger partial charge in [-0.1, -0.05) is 12.1 Å². The fourth-order valence-corrected chi connectivity index (χ4v) is 2.51. The lowest BCUT2D eigenvalue weighted by atomic mass is 10.0. The van der Waals surface area contributed by atoms with E-state index < -0.39 is 11.9 Å². The Morgan fingerprint density at radius 2 is 1.78 bits per heavy atom. The number of amides is 1. The van der Waals surface area contributed by atoms with Crippen molar-refractivity contribution in [3.63, 3.8) is 0 Å². The summed E-state index contributed by atoms with van der Waals surface area (Å²) in [6.07, 6.45) is 1.83. The summed E-state index contributed by atoms with van der Waals surface area (Å²) < 4.78 is 0. The number of aromatic hydroxyl groups is 1. The van der Waals surface area contributed by atoms with Crippen LogP contribution < -0.4 is 5.73 Å². The maximum atomic E-state index is 11.9. The first-order valence-electron chi connectivity index (χ1n) is 7.96. The highest BCUT2D eigenvalue weighted by molar-refractivity contribution is 5.99. The van der Waals surface area contributed by atoms with Crippen molar-refractivity contribution in [2.24, 2.45) is 10.7 Å². The first-order valence-corrected chi connectivity index (χ1v) is 7.96. The van der Waals surface area contributed by atoms with E-state index in [1.54, 1.807) is 24.3 Å². The molecule has 27 heavy (non-hydrogen) atoms. The zero-order valence-corrected chi connectivity index (χ0v) is 14.1. The Labute approximate surface area is 154 Å². The van der Waals surface area contributed by atoms with E-state index >= 15 is 0 Å². The van der Waals surface area contributed by atoms with Crippen molar-refractivity contribution in [1.29, 1.82) is 0 Å². The molecule has 0 aliphatic carbocycles. The molecule has 0 atom stereocenters. The number of carboxylic acid groups (broad SMARTS) is 1. The molecule has 5 N–H and O–H groups in total. The Bertz CT molecular complexity index is 1010. The zero-order chi connectivity index (χ0) is 19.4. The van der Waals surface area contributed by atoms with Crippen molar-refractivity contribution in [2.75, 3.05) is 0 Å². The molecule has 0 aliphatic rings. The number of aliphatic imine (C=N–C) groups is 1. The monoisotopic (exact) mass is 364 g/mol. The highest BCUT2D eigenvalue weighted by atomic mass is 16.4. The van der Waals surface area contributed by atoms with Crippen molar-refractivity contribution in [2.45, 2.75) is 6.42 Å². The standard InChI is InChI=1S/C19H16N4O4/c20-17(25)16-15(9-11-1-5-13(6-2-11)19(26)27)22-23-18(16)21-10-12-3-7-14(24)8-4-12/h1-8,10,24H,9H2,(H2,20,25)(H,22,23)(H,26,27). The molecular weight excluding hydrogens is 348 g/mol. The molecule has 0 saturated heterocycles. The van der Waals surface area contributed by atoms with Crippen LogP contribution in [-0.2, 0) is 6.42 Å². The molecule has 3 aromatic rings. The van der Waals surface area contributed by atoms with E-state index in [0.717, 1.165) is 11.1 Å². The summed E-state index contributed by atoms with van der Waals surface area (Å²) in [7, 11) is 0. The molecule has 8 heteroatoms. The third kappa shape index (κ3) is 4.18. The van der Waals surface area contributed by atoms with Gasteiger partial charge in [0.15, 0.2) is 5.82 Å². The molecule has 0 unspecified atom stereocenters. The van der Waals surface area contributed by atoms with Gasteiger partial charge in [0.25, 0.3) is 5.91 Å². The van der Waals surface area contributed by atoms with Crippen molar-refractivity contribution >= 4 is 23.9 Å². The van der Waals surface area contributed by atoms with Gasteiger partial charge in [-0.05, 0) is 47.5 Å². The SMILES string of the molecule is NC(=O)c1c(N=Cc2ccc(O)cc2)n[nH]c1Cc1ccc(C(=O)O)cc1. The second-order valence-electron chi connectivity index (χ2n) is 5.79. The quantitative estimate of drug-likeness (QED) is 0.496. The van der Waals surface area contributed by atoms with Crippen LogP contribution in [0.15, 0.2) is 53.5 Å². The molecule has 0 radical (unpaired) electrons. The highest BCUT2D eigenvalue weighted by Gasteiger charge is 2.18. The normalized spacial score (nSPS) is 11.0. The van der Waals surface area contributed by atoms with Gasteiger partial charge in [-0.2, -0.15) is 5.10 Å². The number of carbonyl (C=O) groups excluding carboxylic acids is 1. The lowest BCUT2D eigenvalue weighted by Gasteiger charge is -2.02. The molecule has 8 nitrogen and oxygen atoms in total. The van der Waals surface area contributed by atoms with Gasteiger partial charge in [-0.25, -0.2) is 9.79 Å². The van der Waals surface area contributed by atoms with Crippen LogP contribution in [0.5, 0.6) is 5.75 Å². The van der Waals surface area contributed by atoms with E-state index in [4.69, 9.17) is 10.8 Å². The summed E-state index contributed by atoms with van der Waals surface area (Å²) in [5.41, 5.74) is 7.84. The average molecular weight is 364 g/mol. The fraction of sp³-hybridized carbons (Fsp3) is 0.0526. The number of nitrogens with one attached hydrogen (secondary N) is 1. The second kappa shape index (κ2) is 7.52. The van der Waals surface area contributed by atoms with Gasteiger partial charge >= 0.3 is 5.97 Å². The topological polar surface area (TPSA) is 142 Å². The van der Waals surface area contributed by atoms with Crippen LogP contribution in [-0.4, -0.2) is 38.5 Å². The Morgan fingerprint density at radius 3 is 2.37 bits per heavy atom. The Balaban J connectivity index is 1.85. The molecule has 2 aromatic carbocycles. The number of hydrogen-bond acceptors (Lipinski definition) is 5. The van der Waals surface area contributed by atoms with Gasteiger partial charge in [0.1, 0.15) is 11.3 Å². The number of nitrogens with two attached hydrogens (primary N) is 1. The summed E-state index contributed by atoms with van der Waals surface area (Å²) in [4.78, 5) is 27.0. The number of carboxylic acids is 1. The molecule has 0 saturated carbocycles. The van der Waals surface area contributed by atoms with E-state index in [-0.39, 0.29) is 22.7 Å². The molecule has 1 heterocycles. The van der Waals surface area contributed by atoms with E-state index in [0.29, 0.717) is 12.1 Å². The third-order valence-corrected chi connectivity index (χ3v) is 3.88. The van der Waals surface area contributed by atoms with Crippen molar-refractivity contribution in [3.05, 3.63) is 76.5 Å². The largest absolute Gasteiger partial charge is 0.508 e. The number of aromatic amines is 1. The molecule has 0 fully saturated rings. The molecule has 136 valence electrons. The Kier molecular flexibility index (Phi) is 4.98. The summed E-state index contributed by atoms with van der Waals surface area (Å²) >= 11 is 0. The molecule has 0 spiro atoms. The number of rotatable bonds is 6. The van der Waals surface area contributed by atoms with Crippen LogP contribution in [0.3, 0.4) is 0 Å². The minimum atomic E-state index is -1.01. The molecule has 0 bridgehead atoms. The minimum absolute atomic E-state index is 0.140. The van der Waals surface area contributed by atoms with Gasteiger partial charge in [0, 0.05) is 12.6 Å². The maximum Gasteiger partial charge on any atom is 0.335 e. The molecule has 1 aromatic heterocycles. The summed E-state index contributed by atoms with van der Waals surface area (Å²) in [6, 6.07) is 12.7. The zero-order valence-electron chi connectivity index (χ0n) is 14.1. The number of H-pyrrole nitrogens is 1. The first kappa shape index (κ1) is 17.9. The van der Waals surface area contributed by atoms with Gasteiger partial charge < -0.3 is 15.9 Å². The first-order chi connectivity index (χ1) is 12.9. The smallest absolute Gasteiger partial charge is 0.335 e. The van der Waals surface area contributed by atoms with E-state index in [9.17, 15) is 14.7 Å². The Hall–Kier alpha value is -3.94. The molecule has 0 aliphatic heterocycles. The van der Waals surface area contributed by atoms with Crippen LogP contribution in [0.25, 0.3) is 0 Å². The number of phenolic OH excluding ortho intramolecular Hbond substituents is 1. The molecule has 1 amide bonds. The van der Waals surface area contributed by atoms with Gasteiger partial charge in [0.2, 0.25) is 0 Å². The number of primary amides is 1. The van der Waals surface area contributed by atoms with Crippen molar-refractivity contribution in [1.82, 2.24) is 10.2 Å². The van der Waals surface area contributed by atoms with Crippen LogP contribution in [0, 0.1) is 0 Å². The predicted octanol–water partition coefficient (Wildman–Crippen LogP) is 2.25. The number of aromatic nitrogens is 2. The third-order valence-electron chi connectivity index (χ3n) is 3.88. The van der Waals surface area contributed by atoms with Crippen molar-refractivity contribution in [3.8, 4) is 5.75 Å². The number of aromatic carboxylic acids is 1. The maximum absolute atomic E-state index is 11.9. The predicted molar refractivity (Wildman–Crippen MR) is 98.7 cm³/mol. The molecule has 3 rings (SSSR count). The van der Waals surface area contributed by atoms with Crippen LogP contribution in [0.1, 0.15) is 37.5 Å². The Morgan fingerprint density at radius 1 is 1.11 bits per heavy atom. The second-order valence-corrected chi connectivity index (χ2v) is 5.79. The van der Waals surface area contributed by atoms with Crippen molar-refractivity contribution < 1.29 is 19.8 Å². The van der Waals surface area contributed by atoms with E-state index in [2.05, 4.69) is 15.2 Å². The summed E-state index contributed by atoms with van der Waals surface area (Å²) in [6.45, 7) is 0. The number of hydrogen-bond donors (Lipinski definition) is 4. The van der Waals surface area contributed by atoms with Crippen LogP contribution in [0.4, 0.5) is 5.82 Å². The van der Waals surface area contributed by atoms with Gasteiger partial charge in [-0.15, -0.1) is 0 Å². The lowest BCUT2D eigenvalue weighted by Crippen LogP contribution is -2.13.